The first kappa shape index (κ1) is 7.12. The van der Waals surface area contributed by atoms with Gasteiger partial charge in [-0.25, -0.2) is 0 Å². The van der Waals surface area contributed by atoms with Crippen LogP contribution in [0.25, 0.3) is 0 Å². The van der Waals surface area contributed by atoms with Crippen molar-refractivity contribution in [2.75, 3.05) is 0 Å². The predicted molar refractivity (Wildman–Crippen MR) is 37.4 cm³/mol. The molecule has 0 amide bonds. The molecule has 0 aromatic carbocycles. The van der Waals surface area contributed by atoms with Gasteiger partial charge in [-0.15, -0.1) is 10.2 Å². The van der Waals surface area contributed by atoms with Crippen LogP contribution < -0.4 is 0 Å². The molecule has 0 aliphatic carbocycles. The van der Waals surface area contributed by atoms with Gasteiger partial charge in [-0.1, -0.05) is 13.8 Å². The van der Waals surface area contributed by atoms with Crippen molar-refractivity contribution in [1.82, 2.24) is 15.4 Å². The largest absolute Gasteiger partial charge is 0.138 e. The molecule has 0 aliphatic heterocycles. The van der Waals surface area contributed by atoms with Crippen molar-refractivity contribution in [2.24, 2.45) is 0 Å². The highest BCUT2D eigenvalue weighted by Crippen LogP contribution is 2.12. The number of rotatable bonds is 2. The summed E-state index contributed by atoms with van der Waals surface area (Å²) in [7, 11) is 0. The van der Waals surface area contributed by atoms with Gasteiger partial charge in [0, 0.05) is 12.0 Å². The molecule has 10 heavy (non-hydrogen) atoms. The molecule has 0 saturated carbocycles. The molecule has 3 nitrogen and oxygen atoms in total. The lowest BCUT2D eigenvalue weighted by atomic mass is 10.1. The maximum atomic E-state index is 3.83. The van der Waals surface area contributed by atoms with E-state index in [0.29, 0.717) is 5.92 Å². The molecule has 1 aromatic rings. The lowest BCUT2D eigenvalue weighted by molar-refractivity contribution is 0.670. The summed E-state index contributed by atoms with van der Waals surface area (Å²) in [4.78, 5) is 0. The Morgan fingerprint density at radius 1 is 1.70 bits per heavy atom. The van der Waals surface area contributed by atoms with Gasteiger partial charge in [-0.3, -0.25) is 0 Å². The van der Waals surface area contributed by atoms with Crippen molar-refractivity contribution in [3.8, 4) is 0 Å². The van der Waals surface area contributed by atoms with Crippen LogP contribution >= 0.6 is 0 Å². The Morgan fingerprint density at radius 3 is 3.00 bits per heavy atom. The molecule has 53 valence electrons. The predicted octanol–water partition coefficient (Wildman–Crippen LogP) is 1.19. The molecule has 1 unspecified atom stereocenters. The topological polar surface area (TPSA) is 38.7 Å². The summed E-state index contributed by atoms with van der Waals surface area (Å²) in [5.74, 6) is 0.440. The van der Waals surface area contributed by atoms with Gasteiger partial charge in [0.05, 0.1) is 11.9 Å². The fourth-order valence-corrected chi connectivity index (χ4v) is 0.658. The fraction of sp³-hybridized carbons (Fsp3) is 0.571. The molecular formula is C7H10N3. The molecule has 0 bridgehead atoms. The van der Waals surface area contributed by atoms with Crippen LogP contribution in [0.3, 0.4) is 0 Å². The zero-order chi connectivity index (χ0) is 7.40. The highest BCUT2D eigenvalue weighted by atomic mass is 15.3. The molecule has 1 heterocycles. The first-order valence-electron chi connectivity index (χ1n) is 3.40. The van der Waals surface area contributed by atoms with Gasteiger partial charge in [-0.05, 0) is 11.6 Å². The van der Waals surface area contributed by atoms with Gasteiger partial charge in [0.15, 0.2) is 0 Å². The van der Waals surface area contributed by atoms with Crippen LogP contribution in [0.5, 0.6) is 0 Å². The summed E-state index contributed by atoms with van der Waals surface area (Å²) in [5.41, 5.74) is 0.900. The second kappa shape index (κ2) is 3.25. The zero-order valence-electron chi connectivity index (χ0n) is 6.20. The minimum Gasteiger partial charge on any atom is -0.138 e. The average molecular weight is 136 g/mol. The Bertz CT molecular complexity index is 185. The molecule has 0 spiro atoms. The third-order valence-electron chi connectivity index (χ3n) is 1.55. The standard InChI is InChI=1S/C7H10N3/c1-3-6(2)7-4-5-8-10-9-7/h5-6H,3H2,1-2H3. The zero-order valence-corrected chi connectivity index (χ0v) is 6.20. The van der Waals surface area contributed by atoms with E-state index in [1.165, 1.54) is 0 Å². The van der Waals surface area contributed by atoms with Crippen LogP contribution in [-0.2, 0) is 0 Å². The SMILES string of the molecule is CCC(C)c1[c]cnnn1. The lowest BCUT2D eigenvalue weighted by Gasteiger charge is -2.02. The van der Waals surface area contributed by atoms with E-state index in [2.05, 4.69) is 35.3 Å². The quantitative estimate of drug-likeness (QED) is 0.613. The third-order valence-corrected chi connectivity index (χ3v) is 1.55. The van der Waals surface area contributed by atoms with Gasteiger partial charge >= 0.3 is 0 Å². The summed E-state index contributed by atoms with van der Waals surface area (Å²) in [6.07, 6.45) is 2.61. The molecule has 0 fully saturated rings. The minimum absolute atomic E-state index is 0.440. The summed E-state index contributed by atoms with van der Waals surface area (Å²) in [6.45, 7) is 4.21. The van der Waals surface area contributed by atoms with Crippen LogP contribution in [0.15, 0.2) is 6.20 Å². The molecule has 1 aromatic heterocycles. The van der Waals surface area contributed by atoms with Crippen molar-refractivity contribution >= 4 is 0 Å². The molecule has 1 radical (unpaired) electrons. The maximum absolute atomic E-state index is 3.83. The minimum atomic E-state index is 0.440. The number of nitrogens with zero attached hydrogens (tertiary/aromatic N) is 3. The molecule has 0 saturated heterocycles. The van der Waals surface area contributed by atoms with Crippen molar-refractivity contribution in [3.05, 3.63) is 18.0 Å². The second-order valence-electron chi connectivity index (χ2n) is 2.27. The lowest BCUT2D eigenvalue weighted by Crippen LogP contribution is -1.98. The Kier molecular flexibility index (Phi) is 2.31. The molecule has 1 atom stereocenters. The van der Waals surface area contributed by atoms with Crippen LogP contribution in [0.4, 0.5) is 0 Å². The van der Waals surface area contributed by atoms with E-state index in [1.54, 1.807) is 6.20 Å². The van der Waals surface area contributed by atoms with Crippen LogP contribution in [0.2, 0.25) is 0 Å². The molecule has 0 N–H and O–H groups in total. The molecule has 0 aliphatic rings. The Morgan fingerprint density at radius 2 is 2.50 bits per heavy atom. The first-order chi connectivity index (χ1) is 4.84. The van der Waals surface area contributed by atoms with Gasteiger partial charge in [-0.2, -0.15) is 0 Å². The van der Waals surface area contributed by atoms with Crippen molar-refractivity contribution in [3.63, 3.8) is 0 Å². The van der Waals surface area contributed by atoms with Crippen LogP contribution in [0, 0.1) is 6.07 Å². The van der Waals surface area contributed by atoms with Crippen molar-refractivity contribution < 1.29 is 0 Å². The van der Waals surface area contributed by atoms with Gasteiger partial charge in [0.2, 0.25) is 0 Å². The summed E-state index contributed by atoms with van der Waals surface area (Å²) >= 11 is 0. The highest BCUT2D eigenvalue weighted by molar-refractivity contribution is 4.99. The molecule has 3 heteroatoms. The van der Waals surface area contributed by atoms with Gasteiger partial charge in [0.25, 0.3) is 0 Å². The summed E-state index contributed by atoms with van der Waals surface area (Å²) in [6, 6.07) is 2.93. The summed E-state index contributed by atoms with van der Waals surface area (Å²) in [5, 5.41) is 10.9. The molecular weight excluding hydrogens is 126 g/mol. The normalized spacial score (nSPS) is 13.0. The Balaban J connectivity index is 2.75. The fourth-order valence-electron chi connectivity index (χ4n) is 0.658. The summed E-state index contributed by atoms with van der Waals surface area (Å²) < 4.78 is 0. The van der Waals surface area contributed by atoms with Crippen molar-refractivity contribution in [2.45, 2.75) is 26.2 Å². The van der Waals surface area contributed by atoms with E-state index in [0.717, 1.165) is 12.1 Å². The van der Waals surface area contributed by atoms with E-state index in [1.807, 2.05) is 0 Å². The van der Waals surface area contributed by atoms with Gasteiger partial charge in [0.1, 0.15) is 0 Å². The third kappa shape index (κ3) is 1.50. The first-order valence-corrected chi connectivity index (χ1v) is 3.40. The van der Waals surface area contributed by atoms with E-state index in [9.17, 15) is 0 Å². The number of hydrogen-bond donors (Lipinski definition) is 0. The second-order valence-corrected chi connectivity index (χ2v) is 2.27. The van der Waals surface area contributed by atoms with Crippen molar-refractivity contribution in [1.29, 1.82) is 0 Å². The molecule has 1 rings (SSSR count). The van der Waals surface area contributed by atoms with E-state index < -0.39 is 0 Å². The maximum Gasteiger partial charge on any atom is 0.0772 e. The Labute approximate surface area is 60.5 Å². The number of hydrogen-bond acceptors (Lipinski definition) is 3. The van der Waals surface area contributed by atoms with Gasteiger partial charge < -0.3 is 0 Å². The average Bonchev–Trinajstić information content (AvgIpc) is 2.05. The highest BCUT2D eigenvalue weighted by Gasteiger charge is 2.02. The Hall–Kier alpha value is -0.990. The number of aromatic nitrogens is 3. The van der Waals surface area contributed by atoms with Crippen LogP contribution in [-0.4, -0.2) is 15.4 Å². The monoisotopic (exact) mass is 136 g/mol. The van der Waals surface area contributed by atoms with E-state index in [4.69, 9.17) is 0 Å². The van der Waals surface area contributed by atoms with Crippen LogP contribution in [0.1, 0.15) is 31.9 Å². The van der Waals surface area contributed by atoms with E-state index in [-0.39, 0.29) is 0 Å². The van der Waals surface area contributed by atoms with E-state index >= 15 is 0 Å². The smallest absolute Gasteiger partial charge is 0.0772 e.